The Labute approximate surface area is 117 Å². The molecule has 2 rings (SSSR count). The molecule has 0 spiro atoms. The summed E-state index contributed by atoms with van der Waals surface area (Å²) in [6.07, 6.45) is 3.29. The molecule has 0 saturated heterocycles. The van der Waals surface area contributed by atoms with E-state index in [1.165, 1.54) is 6.08 Å². The molecule has 108 valence electrons. The van der Waals surface area contributed by atoms with Crippen molar-refractivity contribution in [2.75, 3.05) is 0 Å². The van der Waals surface area contributed by atoms with Crippen LogP contribution in [0.15, 0.2) is 46.1 Å². The van der Waals surface area contributed by atoms with E-state index in [1.807, 2.05) is 4.98 Å². The van der Waals surface area contributed by atoms with Gasteiger partial charge in [-0.2, -0.15) is 4.39 Å². The molecular weight excluding hydrogens is 279 g/mol. The molecule has 1 heterocycles. The van der Waals surface area contributed by atoms with Crippen LogP contribution in [-0.4, -0.2) is 20.6 Å². The lowest BCUT2D eigenvalue weighted by molar-refractivity contribution is -0.131. The molecule has 1 aromatic heterocycles. The Kier molecular flexibility index (Phi) is 4.13. The molecule has 0 amide bonds. The van der Waals surface area contributed by atoms with Crippen LogP contribution in [0.5, 0.6) is 0 Å². The van der Waals surface area contributed by atoms with E-state index in [4.69, 9.17) is 5.11 Å². The van der Waals surface area contributed by atoms with Gasteiger partial charge in [0, 0.05) is 6.08 Å². The van der Waals surface area contributed by atoms with Gasteiger partial charge >= 0.3 is 11.7 Å². The fourth-order valence-electron chi connectivity index (χ4n) is 1.70. The van der Waals surface area contributed by atoms with Gasteiger partial charge in [0.2, 0.25) is 5.82 Å². The van der Waals surface area contributed by atoms with Crippen LogP contribution in [0.3, 0.4) is 0 Å². The average Bonchev–Trinajstić information content (AvgIpc) is 2.44. The van der Waals surface area contributed by atoms with E-state index in [0.717, 1.165) is 16.8 Å². The molecule has 0 unspecified atom stereocenters. The number of hydrogen-bond donors (Lipinski definition) is 2. The fraction of sp³-hybridized carbons (Fsp3) is 0.0714. The molecule has 0 atom stereocenters. The van der Waals surface area contributed by atoms with Crippen molar-refractivity contribution in [1.82, 2.24) is 9.55 Å². The lowest BCUT2D eigenvalue weighted by Crippen LogP contribution is -2.31. The van der Waals surface area contributed by atoms with Gasteiger partial charge in [-0.25, -0.2) is 9.59 Å². The SMILES string of the molecule is O=C(O)C=Cc1ccc(Cn2cc(F)c(=O)[nH]c2=O)cc1. The zero-order valence-electron chi connectivity index (χ0n) is 10.7. The molecule has 6 nitrogen and oxygen atoms in total. The number of hydrogen-bond acceptors (Lipinski definition) is 3. The number of H-pyrrole nitrogens is 1. The van der Waals surface area contributed by atoms with Crippen molar-refractivity contribution in [3.63, 3.8) is 0 Å². The molecule has 0 saturated carbocycles. The van der Waals surface area contributed by atoms with Crippen LogP contribution in [0.2, 0.25) is 0 Å². The molecule has 0 aliphatic carbocycles. The number of carboxylic acid groups (broad SMARTS) is 1. The summed E-state index contributed by atoms with van der Waals surface area (Å²) in [5.74, 6) is -2.08. The number of aromatic amines is 1. The lowest BCUT2D eigenvalue weighted by atomic mass is 10.1. The summed E-state index contributed by atoms with van der Waals surface area (Å²) in [6.45, 7) is 0.0927. The molecular formula is C14H11FN2O4. The van der Waals surface area contributed by atoms with Gasteiger partial charge in [0.05, 0.1) is 12.7 Å². The van der Waals surface area contributed by atoms with Crippen LogP contribution in [0.4, 0.5) is 4.39 Å². The van der Waals surface area contributed by atoms with Gasteiger partial charge in [-0.15, -0.1) is 0 Å². The number of aliphatic carboxylic acids is 1. The fourth-order valence-corrected chi connectivity index (χ4v) is 1.70. The summed E-state index contributed by atoms with van der Waals surface area (Å²) in [7, 11) is 0. The lowest BCUT2D eigenvalue weighted by Gasteiger charge is -2.05. The van der Waals surface area contributed by atoms with Crippen molar-refractivity contribution in [3.05, 3.63) is 74.3 Å². The highest BCUT2D eigenvalue weighted by molar-refractivity contribution is 5.85. The normalized spacial score (nSPS) is 10.9. The van der Waals surface area contributed by atoms with E-state index < -0.39 is 23.0 Å². The third-order valence-corrected chi connectivity index (χ3v) is 2.72. The van der Waals surface area contributed by atoms with Crippen LogP contribution < -0.4 is 11.2 Å². The second-order valence-corrected chi connectivity index (χ2v) is 4.28. The highest BCUT2D eigenvalue weighted by Gasteiger charge is 2.04. The maximum Gasteiger partial charge on any atom is 0.328 e. The molecule has 21 heavy (non-hydrogen) atoms. The number of nitrogens with one attached hydrogen (secondary N) is 1. The highest BCUT2D eigenvalue weighted by Crippen LogP contribution is 2.07. The van der Waals surface area contributed by atoms with Crippen LogP contribution >= 0.6 is 0 Å². The Morgan fingerprint density at radius 1 is 1.29 bits per heavy atom. The summed E-state index contributed by atoms with van der Waals surface area (Å²) in [5.41, 5.74) is -0.362. The third kappa shape index (κ3) is 3.75. The number of carboxylic acids is 1. The van der Waals surface area contributed by atoms with Crippen molar-refractivity contribution in [3.8, 4) is 0 Å². The summed E-state index contributed by atoms with van der Waals surface area (Å²) in [4.78, 5) is 34.7. The number of rotatable bonds is 4. The predicted octanol–water partition coefficient (Wildman–Crippen LogP) is 0.822. The van der Waals surface area contributed by atoms with E-state index in [0.29, 0.717) is 11.1 Å². The van der Waals surface area contributed by atoms with Gasteiger partial charge in [0.15, 0.2) is 0 Å². The van der Waals surface area contributed by atoms with E-state index in [9.17, 15) is 18.8 Å². The van der Waals surface area contributed by atoms with Gasteiger partial charge in [0.1, 0.15) is 0 Å². The topological polar surface area (TPSA) is 92.2 Å². The van der Waals surface area contributed by atoms with E-state index >= 15 is 0 Å². The average molecular weight is 290 g/mol. The molecule has 1 aromatic carbocycles. The van der Waals surface area contributed by atoms with Gasteiger partial charge in [0.25, 0.3) is 5.56 Å². The van der Waals surface area contributed by atoms with Crippen LogP contribution in [0.25, 0.3) is 6.08 Å². The van der Waals surface area contributed by atoms with Crippen LogP contribution in [-0.2, 0) is 11.3 Å². The van der Waals surface area contributed by atoms with Crippen LogP contribution in [0.1, 0.15) is 11.1 Å². The zero-order valence-corrected chi connectivity index (χ0v) is 10.7. The van der Waals surface area contributed by atoms with E-state index in [2.05, 4.69) is 0 Å². The van der Waals surface area contributed by atoms with Gasteiger partial charge in [-0.05, 0) is 17.2 Å². The zero-order chi connectivity index (χ0) is 15.4. The first-order valence-corrected chi connectivity index (χ1v) is 5.95. The molecule has 7 heteroatoms. The number of nitrogens with zero attached hydrogens (tertiary/aromatic N) is 1. The monoisotopic (exact) mass is 290 g/mol. The minimum Gasteiger partial charge on any atom is -0.478 e. The number of carbonyl (C=O) groups is 1. The number of benzene rings is 1. The maximum absolute atomic E-state index is 13.1. The van der Waals surface area contributed by atoms with E-state index in [1.54, 1.807) is 24.3 Å². The van der Waals surface area contributed by atoms with Crippen molar-refractivity contribution in [1.29, 1.82) is 0 Å². The summed E-state index contributed by atoms with van der Waals surface area (Å²) < 4.78 is 14.2. The second-order valence-electron chi connectivity index (χ2n) is 4.28. The highest BCUT2D eigenvalue weighted by atomic mass is 19.1. The van der Waals surface area contributed by atoms with Crippen molar-refractivity contribution >= 4 is 12.0 Å². The van der Waals surface area contributed by atoms with Crippen molar-refractivity contribution in [2.24, 2.45) is 0 Å². The summed E-state index contributed by atoms with van der Waals surface area (Å²) >= 11 is 0. The smallest absolute Gasteiger partial charge is 0.328 e. The second kappa shape index (κ2) is 6.00. The Hall–Kier alpha value is -2.96. The van der Waals surface area contributed by atoms with Crippen LogP contribution in [0, 0.1) is 5.82 Å². The van der Waals surface area contributed by atoms with Crippen molar-refractivity contribution < 1.29 is 14.3 Å². The Balaban J connectivity index is 2.21. The summed E-state index contributed by atoms with van der Waals surface area (Å²) in [5, 5.41) is 8.51. The quantitative estimate of drug-likeness (QED) is 0.815. The minimum atomic E-state index is -1.05. The Bertz CT molecular complexity index is 803. The third-order valence-electron chi connectivity index (χ3n) is 2.72. The maximum atomic E-state index is 13.1. The molecule has 0 fully saturated rings. The first-order valence-electron chi connectivity index (χ1n) is 5.95. The van der Waals surface area contributed by atoms with E-state index in [-0.39, 0.29) is 6.54 Å². The molecule has 0 bridgehead atoms. The number of halogens is 1. The Morgan fingerprint density at radius 2 is 1.95 bits per heavy atom. The number of aromatic nitrogens is 2. The Morgan fingerprint density at radius 3 is 2.57 bits per heavy atom. The summed E-state index contributed by atoms with van der Waals surface area (Å²) in [6, 6.07) is 6.69. The standard InChI is InChI=1S/C14H11FN2O4/c15-11-8-17(14(21)16-13(11)20)7-10-3-1-9(2-4-10)5-6-12(18)19/h1-6,8H,7H2,(H,18,19)(H,16,20,21). The molecule has 2 aromatic rings. The van der Waals surface area contributed by atoms with Gasteiger partial charge in [-0.1, -0.05) is 24.3 Å². The van der Waals surface area contributed by atoms with Crippen molar-refractivity contribution in [2.45, 2.75) is 6.54 Å². The largest absolute Gasteiger partial charge is 0.478 e. The first kappa shape index (κ1) is 14.4. The van der Waals surface area contributed by atoms with Gasteiger partial charge in [-0.3, -0.25) is 14.3 Å². The predicted molar refractivity (Wildman–Crippen MR) is 73.5 cm³/mol. The van der Waals surface area contributed by atoms with Gasteiger partial charge < -0.3 is 5.11 Å². The molecule has 2 N–H and O–H groups in total. The molecule has 0 aliphatic heterocycles. The molecule has 0 radical (unpaired) electrons. The molecule has 0 aliphatic rings. The first-order chi connectivity index (χ1) is 9.95. The minimum absolute atomic E-state index is 0.0927.